The van der Waals surface area contributed by atoms with E-state index in [9.17, 15) is 0 Å². The molecule has 0 amide bonds. The van der Waals surface area contributed by atoms with Crippen molar-refractivity contribution in [3.05, 3.63) is 48.0 Å². The maximum atomic E-state index is 7.73. The predicted molar refractivity (Wildman–Crippen MR) is 72.4 cm³/mol. The van der Waals surface area contributed by atoms with Gasteiger partial charge in [-0.3, -0.25) is 0 Å². The van der Waals surface area contributed by atoms with Gasteiger partial charge in [-0.05, 0) is 29.2 Å². The van der Waals surface area contributed by atoms with Crippen LogP contribution in [0.4, 0.5) is 0 Å². The third-order valence-corrected chi connectivity index (χ3v) is 3.18. The SMILES string of the molecule is [2H]c1ccc2oc3ccc(C(C)(C)C)cc3c2c1. The minimum absolute atomic E-state index is 0.121. The number of hydrogen-bond donors (Lipinski definition) is 0. The van der Waals surface area contributed by atoms with Gasteiger partial charge in [0.15, 0.2) is 0 Å². The van der Waals surface area contributed by atoms with Crippen molar-refractivity contribution in [3.63, 3.8) is 0 Å². The third-order valence-electron chi connectivity index (χ3n) is 3.18. The van der Waals surface area contributed by atoms with Gasteiger partial charge >= 0.3 is 0 Å². The second kappa shape index (κ2) is 3.36. The molecule has 0 aliphatic rings. The van der Waals surface area contributed by atoms with Gasteiger partial charge in [0.05, 0.1) is 1.37 Å². The summed E-state index contributed by atoms with van der Waals surface area (Å²) in [6.07, 6.45) is 0. The maximum Gasteiger partial charge on any atom is 0.135 e. The molecule has 0 saturated carbocycles. The van der Waals surface area contributed by atoms with Crippen molar-refractivity contribution in [3.8, 4) is 0 Å². The summed E-state index contributed by atoms with van der Waals surface area (Å²) < 4.78 is 13.5. The molecular weight excluding hydrogens is 208 g/mol. The molecule has 0 unspecified atom stereocenters. The van der Waals surface area contributed by atoms with Crippen LogP contribution >= 0.6 is 0 Å². The quantitative estimate of drug-likeness (QED) is 0.531. The van der Waals surface area contributed by atoms with Crippen molar-refractivity contribution in [2.24, 2.45) is 0 Å². The third kappa shape index (κ3) is 1.62. The van der Waals surface area contributed by atoms with E-state index < -0.39 is 0 Å². The second-order valence-corrected chi connectivity index (χ2v) is 5.49. The molecule has 3 aromatic rings. The second-order valence-electron chi connectivity index (χ2n) is 5.49. The Morgan fingerprint density at radius 3 is 2.53 bits per heavy atom. The number of fused-ring (bicyclic) bond motifs is 3. The highest BCUT2D eigenvalue weighted by Crippen LogP contribution is 2.32. The molecule has 0 aliphatic heterocycles. The van der Waals surface area contributed by atoms with Crippen LogP contribution in [-0.2, 0) is 5.41 Å². The van der Waals surface area contributed by atoms with Crippen LogP contribution in [-0.4, -0.2) is 0 Å². The van der Waals surface area contributed by atoms with Crippen molar-refractivity contribution in [1.29, 1.82) is 0 Å². The Hall–Kier alpha value is -1.76. The molecule has 1 nitrogen and oxygen atoms in total. The van der Waals surface area contributed by atoms with E-state index in [2.05, 4.69) is 32.9 Å². The molecule has 0 N–H and O–H groups in total. The first-order valence-electron chi connectivity index (χ1n) is 6.38. The van der Waals surface area contributed by atoms with Crippen LogP contribution in [0.25, 0.3) is 21.9 Å². The number of hydrogen-bond acceptors (Lipinski definition) is 1. The van der Waals surface area contributed by atoms with Gasteiger partial charge in [-0.25, -0.2) is 0 Å². The van der Waals surface area contributed by atoms with Crippen LogP contribution in [0.1, 0.15) is 27.7 Å². The van der Waals surface area contributed by atoms with Crippen molar-refractivity contribution in [2.75, 3.05) is 0 Å². The van der Waals surface area contributed by atoms with Gasteiger partial charge in [-0.1, -0.05) is 45.0 Å². The molecule has 17 heavy (non-hydrogen) atoms. The smallest absolute Gasteiger partial charge is 0.135 e. The minimum Gasteiger partial charge on any atom is -0.456 e. The molecule has 0 bridgehead atoms. The molecule has 0 aliphatic carbocycles. The summed E-state index contributed by atoms with van der Waals surface area (Å²) in [5.74, 6) is 0. The van der Waals surface area contributed by atoms with Gasteiger partial charge in [0.2, 0.25) is 0 Å². The largest absolute Gasteiger partial charge is 0.456 e. The summed E-state index contributed by atoms with van der Waals surface area (Å²) in [5, 5.41) is 2.13. The van der Waals surface area contributed by atoms with Crippen LogP contribution in [0.3, 0.4) is 0 Å². The Labute approximate surface area is 102 Å². The zero-order valence-corrected chi connectivity index (χ0v) is 10.4. The fourth-order valence-corrected chi connectivity index (χ4v) is 2.13. The molecule has 1 heterocycles. The normalized spacial score (nSPS) is 13.2. The number of benzene rings is 2. The lowest BCUT2D eigenvalue weighted by molar-refractivity contribution is 0.590. The van der Waals surface area contributed by atoms with Crippen molar-refractivity contribution in [2.45, 2.75) is 26.2 Å². The Bertz CT molecular complexity index is 732. The molecule has 0 spiro atoms. The number of rotatable bonds is 0. The molecule has 0 fully saturated rings. The number of furan rings is 1. The van der Waals surface area contributed by atoms with E-state index >= 15 is 0 Å². The summed E-state index contributed by atoms with van der Waals surface area (Å²) in [7, 11) is 0. The molecule has 0 radical (unpaired) electrons. The Balaban J connectivity index is 2.38. The molecule has 0 saturated heterocycles. The van der Waals surface area contributed by atoms with Crippen molar-refractivity contribution < 1.29 is 5.79 Å². The van der Waals surface area contributed by atoms with Crippen LogP contribution in [0.15, 0.2) is 46.9 Å². The molecular formula is C16H16O. The van der Waals surface area contributed by atoms with E-state index in [0.29, 0.717) is 6.04 Å². The van der Waals surface area contributed by atoms with Gasteiger partial charge in [0.25, 0.3) is 0 Å². The lowest BCUT2D eigenvalue weighted by Gasteiger charge is -2.18. The van der Waals surface area contributed by atoms with Crippen LogP contribution in [0.2, 0.25) is 0 Å². The van der Waals surface area contributed by atoms with Gasteiger partial charge < -0.3 is 4.42 Å². The van der Waals surface area contributed by atoms with E-state index in [1.54, 1.807) is 6.07 Å². The molecule has 3 rings (SSSR count). The Kier molecular flexibility index (Phi) is 1.84. The summed E-state index contributed by atoms with van der Waals surface area (Å²) in [5.41, 5.74) is 3.15. The average molecular weight is 225 g/mol. The van der Waals surface area contributed by atoms with Crippen molar-refractivity contribution in [1.82, 2.24) is 0 Å². The highest BCUT2D eigenvalue weighted by molar-refractivity contribution is 6.05. The number of para-hydroxylation sites is 1. The van der Waals surface area contributed by atoms with Gasteiger partial charge in [-0.15, -0.1) is 0 Å². The fraction of sp³-hybridized carbons (Fsp3) is 0.250. The van der Waals surface area contributed by atoms with E-state index in [1.807, 2.05) is 18.2 Å². The first-order chi connectivity index (χ1) is 8.45. The summed E-state index contributed by atoms with van der Waals surface area (Å²) in [6, 6.07) is 12.3. The zero-order valence-electron chi connectivity index (χ0n) is 11.4. The molecule has 1 aromatic heterocycles. The standard InChI is InChI=1S/C16H16O/c1-16(2,3)11-8-9-15-13(10-11)12-6-4-5-7-14(12)17-15/h4-10H,1-3H3/i4D. The average Bonchev–Trinajstić information content (AvgIpc) is 2.65. The van der Waals surface area contributed by atoms with Crippen LogP contribution in [0.5, 0.6) is 0 Å². The lowest BCUT2D eigenvalue weighted by Crippen LogP contribution is -2.10. The summed E-state index contributed by atoms with van der Waals surface area (Å²) >= 11 is 0. The fourth-order valence-electron chi connectivity index (χ4n) is 2.13. The first kappa shape index (κ1) is 9.29. The molecule has 86 valence electrons. The predicted octanol–water partition coefficient (Wildman–Crippen LogP) is 4.88. The highest BCUT2D eigenvalue weighted by atomic mass is 16.3. The monoisotopic (exact) mass is 225 g/mol. The first-order valence-corrected chi connectivity index (χ1v) is 5.88. The highest BCUT2D eigenvalue weighted by Gasteiger charge is 2.15. The van der Waals surface area contributed by atoms with Crippen molar-refractivity contribution >= 4 is 21.9 Å². The molecule has 1 heteroatoms. The minimum atomic E-state index is 0.121. The topological polar surface area (TPSA) is 13.1 Å². The Morgan fingerprint density at radius 2 is 1.76 bits per heavy atom. The lowest BCUT2D eigenvalue weighted by atomic mass is 9.86. The summed E-state index contributed by atoms with van der Waals surface area (Å²) in [4.78, 5) is 0. The van der Waals surface area contributed by atoms with Gasteiger partial charge in [-0.2, -0.15) is 0 Å². The zero-order chi connectivity index (χ0) is 12.9. The van der Waals surface area contributed by atoms with Gasteiger partial charge in [0.1, 0.15) is 11.2 Å². The van der Waals surface area contributed by atoms with Crippen LogP contribution < -0.4 is 0 Å². The maximum absolute atomic E-state index is 7.73. The molecule has 0 atom stereocenters. The van der Waals surface area contributed by atoms with E-state index in [1.165, 1.54) is 5.56 Å². The van der Waals surface area contributed by atoms with E-state index in [4.69, 9.17) is 5.79 Å². The van der Waals surface area contributed by atoms with Crippen LogP contribution in [0, 0.1) is 0 Å². The Morgan fingerprint density at radius 1 is 1.00 bits per heavy atom. The summed E-state index contributed by atoms with van der Waals surface area (Å²) in [6.45, 7) is 6.60. The van der Waals surface area contributed by atoms with E-state index in [-0.39, 0.29) is 5.41 Å². The van der Waals surface area contributed by atoms with E-state index in [0.717, 1.165) is 21.9 Å². The van der Waals surface area contributed by atoms with Gasteiger partial charge in [0, 0.05) is 10.8 Å². The molecule has 2 aromatic carbocycles.